The van der Waals surface area contributed by atoms with Crippen LogP contribution in [0.5, 0.6) is 11.6 Å². The normalized spacial score (nSPS) is 16.0. The van der Waals surface area contributed by atoms with Crippen LogP contribution in [-0.2, 0) is 0 Å². The van der Waals surface area contributed by atoms with Gasteiger partial charge in [-0.25, -0.2) is 4.98 Å². The first-order valence-corrected chi connectivity index (χ1v) is 8.76. The number of allylic oxidation sites excluding steroid dienone is 1. The Hall–Kier alpha value is -3.24. The van der Waals surface area contributed by atoms with Gasteiger partial charge in [0.2, 0.25) is 11.8 Å². The van der Waals surface area contributed by atoms with Crippen LogP contribution in [-0.4, -0.2) is 21.8 Å². The summed E-state index contributed by atoms with van der Waals surface area (Å²) in [6.07, 6.45) is 0. The highest BCUT2D eigenvalue weighted by molar-refractivity contribution is 6.30. The van der Waals surface area contributed by atoms with E-state index in [2.05, 4.69) is 21.3 Å². The maximum absolute atomic E-state index is 9.67. The minimum absolute atomic E-state index is 0.0179. The van der Waals surface area contributed by atoms with Crippen molar-refractivity contribution in [2.45, 2.75) is 19.8 Å². The largest absolute Gasteiger partial charge is 0.494 e. The number of H-pyrrole nitrogens is 1. The zero-order chi connectivity index (χ0) is 19.1. The summed E-state index contributed by atoms with van der Waals surface area (Å²) in [6, 6.07) is 9.68. The third kappa shape index (κ3) is 2.75. The molecule has 0 saturated carbocycles. The maximum atomic E-state index is 9.67. The first-order chi connectivity index (χ1) is 13.0. The summed E-state index contributed by atoms with van der Waals surface area (Å²) >= 11 is 6.53. The number of benzene rings is 1. The summed E-state index contributed by atoms with van der Waals surface area (Å²) in [5, 5.41) is 17.8. The molecule has 8 heteroatoms. The number of aromatic nitrogens is 3. The molecule has 3 N–H and O–H groups in total. The number of nitrogens with zero attached hydrogens (tertiary/aromatic N) is 3. The highest BCUT2D eigenvalue weighted by atomic mass is 35.5. The van der Waals surface area contributed by atoms with Crippen LogP contribution in [0.4, 0.5) is 0 Å². The molecule has 0 saturated heterocycles. The van der Waals surface area contributed by atoms with Gasteiger partial charge >= 0.3 is 0 Å². The van der Waals surface area contributed by atoms with Crippen LogP contribution >= 0.6 is 11.6 Å². The van der Waals surface area contributed by atoms with Crippen molar-refractivity contribution in [1.82, 2.24) is 15.2 Å². The highest BCUT2D eigenvalue weighted by Gasteiger charge is 2.35. The number of nitrogens with two attached hydrogens (primary N) is 1. The van der Waals surface area contributed by atoms with Gasteiger partial charge in [-0.3, -0.25) is 5.10 Å². The van der Waals surface area contributed by atoms with Gasteiger partial charge in [-0.15, -0.1) is 5.10 Å². The average Bonchev–Trinajstić information content (AvgIpc) is 3.01. The van der Waals surface area contributed by atoms with Gasteiger partial charge in [0.15, 0.2) is 0 Å². The predicted octanol–water partition coefficient (Wildman–Crippen LogP) is 3.54. The summed E-state index contributed by atoms with van der Waals surface area (Å²) in [7, 11) is 0. The highest BCUT2D eigenvalue weighted by Crippen LogP contribution is 2.44. The van der Waals surface area contributed by atoms with E-state index in [0.717, 1.165) is 22.4 Å². The Bertz CT molecular complexity index is 1130. The third-order valence-electron chi connectivity index (χ3n) is 4.52. The van der Waals surface area contributed by atoms with Gasteiger partial charge in [-0.1, -0.05) is 11.6 Å². The molecule has 3 aromatic rings. The van der Waals surface area contributed by atoms with Crippen LogP contribution < -0.4 is 15.2 Å². The van der Waals surface area contributed by atoms with E-state index in [1.54, 1.807) is 0 Å². The first kappa shape index (κ1) is 17.2. The Morgan fingerprint density at radius 2 is 2.22 bits per heavy atom. The van der Waals surface area contributed by atoms with Gasteiger partial charge in [0.25, 0.3) is 0 Å². The van der Waals surface area contributed by atoms with Crippen LogP contribution in [0.1, 0.15) is 29.7 Å². The van der Waals surface area contributed by atoms with E-state index < -0.39 is 5.92 Å². The van der Waals surface area contributed by atoms with Gasteiger partial charge in [0, 0.05) is 28.3 Å². The Morgan fingerprint density at radius 1 is 1.41 bits per heavy atom. The third-order valence-corrected chi connectivity index (χ3v) is 4.82. The molecule has 27 heavy (non-hydrogen) atoms. The van der Waals surface area contributed by atoms with Crippen molar-refractivity contribution in [2.75, 3.05) is 6.61 Å². The van der Waals surface area contributed by atoms with E-state index >= 15 is 0 Å². The van der Waals surface area contributed by atoms with Crippen LogP contribution in [0, 0.1) is 18.3 Å². The molecule has 1 atom stereocenters. The number of nitriles is 1. The van der Waals surface area contributed by atoms with Gasteiger partial charge in [0.05, 0.1) is 18.0 Å². The van der Waals surface area contributed by atoms with E-state index in [9.17, 15) is 5.26 Å². The molecule has 2 aromatic heterocycles. The predicted molar refractivity (Wildman–Crippen MR) is 101 cm³/mol. The van der Waals surface area contributed by atoms with Crippen LogP contribution in [0.15, 0.2) is 35.7 Å². The number of pyridine rings is 1. The van der Waals surface area contributed by atoms with Crippen molar-refractivity contribution < 1.29 is 9.47 Å². The molecule has 1 aliphatic heterocycles. The second kappa shape index (κ2) is 6.49. The molecule has 136 valence electrons. The van der Waals surface area contributed by atoms with Crippen molar-refractivity contribution >= 4 is 22.5 Å². The van der Waals surface area contributed by atoms with Crippen molar-refractivity contribution in [3.63, 3.8) is 0 Å². The molecule has 0 aliphatic carbocycles. The van der Waals surface area contributed by atoms with Gasteiger partial charge < -0.3 is 15.2 Å². The molecular formula is C19H16ClN5O2. The lowest BCUT2D eigenvalue weighted by molar-refractivity contribution is 0.340. The number of aromatic amines is 1. The minimum Gasteiger partial charge on any atom is -0.494 e. The topological polar surface area (TPSA) is 110 Å². The number of hydrogen-bond acceptors (Lipinski definition) is 6. The van der Waals surface area contributed by atoms with Crippen LogP contribution in [0.25, 0.3) is 10.9 Å². The fraction of sp³-hybridized carbons (Fsp3) is 0.211. The zero-order valence-electron chi connectivity index (χ0n) is 14.7. The second-order valence-electron chi connectivity index (χ2n) is 6.15. The Kier molecular flexibility index (Phi) is 4.13. The van der Waals surface area contributed by atoms with Crippen LogP contribution in [0.3, 0.4) is 0 Å². The fourth-order valence-corrected chi connectivity index (χ4v) is 3.56. The Balaban J connectivity index is 1.93. The van der Waals surface area contributed by atoms with E-state index in [4.69, 9.17) is 26.8 Å². The molecule has 1 aliphatic rings. The number of aryl methyl sites for hydroxylation is 1. The molecule has 0 bridgehead atoms. The average molecular weight is 382 g/mol. The van der Waals surface area contributed by atoms with E-state index in [1.165, 1.54) is 0 Å². The summed E-state index contributed by atoms with van der Waals surface area (Å²) in [5.41, 5.74) is 9.12. The molecule has 3 heterocycles. The summed E-state index contributed by atoms with van der Waals surface area (Å²) < 4.78 is 11.0. The molecule has 0 radical (unpaired) electrons. The van der Waals surface area contributed by atoms with Crippen LogP contribution in [0.2, 0.25) is 5.15 Å². The SMILES string of the molecule is CCOc1ccc2cc([C@H]3C(C#N)=C(N)Oc4n[nH]c(C)c43)c(Cl)nc2c1. The number of ether oxygens (including phenoxy) is 2. The van der Waals surface area contributed by atoms with Crippen molar-refractivity contribution in [3.8, 4) is 17.7 Å². The molecule has 4 rings (SSSR count). The van der Waals surface area contributed by atoms with Crippen molar-refractivity contribution in [1.29, 1.82) is 5.26 Å². The monoisotopic (exact) mass is 381 g/mol. The molecule has 0 spiro atoms. The first-order valence-electron chi connectivity index (χ1n) is 8.39. The lowest BCUT2D eigenvalue weighted by Crippen LogP contribution is -2.21. The standard InChI is InChI=1S/C19H16ClN5O2/c1-3-26-11-5-4-10-6-12(17(20)23-14(10)7-11)16-13(8-21)18(22)27-19-15(16)9(2)24-25-19/h4-7,16H,3,22H2,1-2H3,(H,24,25)/t16-/m0/s1. The quantitative estimate of drug-likeness (QED) is 0.671. The molecule has 0 amide bonds. The van der Waals surface area contributed by atoms with Crippen molar-refractivity contribution in [3.05, 3.63) is 57.7 Å². The second-order valence-corrected chi connectivity index (χ2v) is 6.51. The summed E-state index contributed by atoms with van der Waals surface area (Å²) in [4.78, 5) is 4.52. The maximum Gasteiger partial charge on any atom is 0.244 e. The van der Waals surface area contributed by atoms with Crippen molar-refractivity contribution in [2.24, 2.45) is 5.73 Å². The number of halogens is 1. The number of fused-ring (bicyclic) bond motifs is 2. The van der Waals surface area contributed by atoms with E-state index in [1.807, 2.05) is 38.1 Å². The molecule has 0 fully saturated rings. The Labute approximate surface area is 160 Å². The molecular weight excluding hydrogens is 366 g/mol. The lowest BCUT2D eigenvalue weighted by Gasteiger charge is -2.24. The molecule has 7 nitrogen and oxygen atoms in total. The van der Waals surface area contributed by atoms with Gasteiger partial charge in [0.1, 0.15) is 22.5 Å². The minimum atomic E-state index is -0.506. The number of hydrogen-bond donors (Lipinski definition) is 2. The van der Waals surface area contributed by atoms with Gasteiger partial charge in [-0.2, -0.15) is 5.26 Å². The Morgan fingerprint density at radius 3 is 2.96 bits per heavy atom. The smallest absolute Gasteiger partial charge is 0.244 e. The molecule has 1 aromatic carbocycles. The summed E-state index contributed by atoms with van der Waals surface area (Å²) in [6.45, 7) is 4.34. The summed E-state index contributed by atoms with van der Waals surface area (Å²) in [5.74, 6) is 0.580. The van der Waals surface area contributed by atoms with E-state index in [-0.39, 0.29) is 16.6 Å². The fourth-order valence-electron chi connectivity index (χ4n) is 3.31. The number of nitrogens with one attached hydrogen (secondary N) is 1. The van der Waals surface area contributed by atoms with E-state index in [0.29, 0.717) is 23.6 Å². The zero-order valence-corrected chi connectivity index (χ0v) is 15.5. The number of rotatable bonds is 3. The molecule has 0 unspecified atom stereocenters. The lowest BCUT2D eigenvalue weighted by atomic mass is 9.84. The van der Waals surface area contributed by atoms with Gasteiger partial charge in [-0.05, 0) is 32.0 Å².